The average Bonchev–Trinajstić information content (AvgIpc) is 3.05. The molecular weight excluding hydrogens is 335 g/mol. The second kappa shape index (κ2) is 7.07. The number of anilines is 2. The number of nitrogens with zero attached hydrogens (tertiary/aromatic N) is 5. The predicted molar refractivity (Wildman–Crippen MR) is 96.4 cm³/mol. The Balaban J connectivity index is 1.54. The number of fused-ring (bicyclic) bond motifs is 1. The number of benzene rings is 1. The van der Waals surface area contributed by atoms with Crippen molar-refractivity contribution in [1.82, 2.24) is 19.7 Å². The van der Waals surface area contributed by atoms with Gasteiger partial charge in [-0.05, 0) is 37.5 Å². The van der Waals surface area contributed by atoms with E-state index in [1.807, 2.05) is 0 Å². The zero-order valence-electron chi connectivity index (χ0n) is 14.2. The van der Waals surface area contributed by atoms with E-state index in [0.29, 0.717) is 11.3 Å². The largest absolute Gasteiger partial charge is 0.356 e. The molecule has 0 atom stereocenters. The first-order chi connectivity index (χ1) is 12.7. The molecule has 0 spiro atoms. The minimum Gasteiger partial charge on any atom is -0.356 e. The average molecular weight is 354 g/mol. The summed E-state index contributed by atoms with van der Waals surface area (Å²) in [4.78, 5) is 23.2. The second-order valence-corrected chi connectivity index (χ2v) is 6.34. The van der Waals surface area contributed by atoms with Crippen LogP contribution in [0.1, 0.15) is 19.3 Å². The van der Waals surface area contributed by atoms with Gasteiger partial charge >= 0.3 is 0 Å². The van der Waals surface area contributed by atoms with Gasteiger partial charge in [0.1, 0.15) is 24.5 Å². The lowest BCUT2D eigenvalue weighted by Gasteiger charge is -2.27. The number of amides is 1. The lowest BCUT2D eigenvalue weighted by molar-refractivity contribution is -0.116. The Kier molecular flexibility index (Phi) is 4.47. The van der Waals surface area contributed by atoms with E-state index < -0.39 is 5.82 Å². The Morgan fingerprint density at radius 3 is 2.85 bits per heavy atom. The monoisotopic (exact) mass is 354 g/mol. The molecule has 1 fully saturated rings. The number of nitrogens with one attached hydrogen (secondary N) is 1. The minimum atomic E-state index is -0.397. The van der Waals surface area contributed by atoms with E-state index in [0.717, 1.165) is 37.1 Å². The fourth-order valence-electron chi connectivity index (χ4n) is 3.26. The van der Waals surface area contributed by atoms with Gasteiger partial charge in [0.25, 0.3) is 0 Å². The molecular formula is C18H19FN6O. The van der Waals surface area contributed by atoms with Crippen LogP contribution in [0.15, 0.2) is 36.8 Å². The fourth-order valence-corrected chi connectivity index (χ4v) is 3.26. The summed E-state index contributed by atoms with van der Waals surface area (Å²) in [7, 11) is 0. The molecule has 1 saturated heterocycles. The molecule has 1 amide bonds. The SMILES string of the molecule is O=C(Cn1ncc2c(N3CCCCC3)ncnc21)Nc1cccc(F)c1. The summed E-state index contributed by atoms with van der Waals surface area (Å²) in [5.74, 6) is 0.177. The molecule has 1 aliphatic rings. The van der Waals surface area contributed by atoms with Gasteiger partial charge in [-0.15, -0.1) is 0 Å². The maximum Gasteiger partial charge on any atom is 0.246 e. The summed E-state index contributed by atoms with van der Waals surface area (Å²) in [5, 5.41) is 7.81. The molecule has 8 heteroatoms. The van der Waals surface area contributed by atoms with E-state index in [2.05, 4.69) is 25.3 Å². The summed E-state index contributed by atoms with van der Waals surface area (Å²) in [6, 6.07) is 5.79. The Labute approximate surface area is 149 Å². The number of carbonyl (C=O) groups is 1. The Morgan fingerprint density at radius 2 is 2.04 bits per heavy atom. The fraction of sp³-hybridized carbons (Fsp3) is 0.333. The first-order valence-corrected chi connectivity index (χ1v) is 8.67. The van der Waals surface area contributed by atoms with Crippen LogP contribution < -0.4 is 10.2 Å². The van der Waals surface area contributed by atoms with Gasteiger partial charge in [-0.25, -0.2) is 19.0 Å². The molecule has 1 aliphatic heterocycles. The molecule has 2 aromatic heterocycles. The van der Waals surface area contributed by atoms with Gasteiger partial charge in [-0.1, -0.05) is 6.07 Å². The molecule has 3 aromatic rings. The van der Waals surface area contributed by atoms with Crippen molar-refractivity contribution in [3.05, 3.63) is 42.6 Å². The first kappa shape index (κ1) is 16.4. The quantitative estimate of drug-likeness (QED) is 0.779. The maximum absolute atomic E-state index is 13.2. The highest BCUT2D eigenvalue weighted by molar-refractivity contribution is 5.92. The molecule has 7 nitrogen and oxygen atoms in total. The molecule has 3 heterocycles. The molecule has 0 bridgehead atoms. The van der Waals surface area contributed by atoms with Gasteiger partial charge in [-0.3, -0.25) is 4.79 Å². The van der Waals surface area contributed by atoms with Crippen LogP contribution in [-0.4, -0.2) is 38.7 Å². The number of carbonyl (C=O) groups excluding carboxylic acids is 1. The summed E-state index contributed by atoms with van der Waals surface area (Å²) >= 11 is 0. The molecule has 134 valence electrons. The van der Waals surface area contributed by atoms with Gasteiger partial charge < -0.3 is 10.2 Å². The lowest BCUT2D eigenvalue weighted by Crippen LogP contribution is -2.30. The van der Waals surface area contributed by atoms with E-state index in [-0.39, 0.29) is 12.5 Å². The third-order valence-electron chi connectivity index (χ3n) is 4.47. The van der Waals surface area contributed by atoms with Crippen molar-refractivity contribution < 1.29 is 9.18 Å². The Bertz CT molecular complexity index is 934. The van der Waals surface area contributed by atoms with Crippen LogP contribution in [0.3, 0.4) is 0 Å². The van der Waals surface area contributed by atoms with Crippen molar-refractivity contribution in [3.63, 3.8) is 0 Å². The van der Waals surface area contributed by atoms with E-state index >= 15 is 0 Å². The topological polar surface area (TPSA) is 75.9 Å². The summed E-state index contributed by atoms with van der Waals surface area (Å²) in [5.41, 5.74) is 1.03. The molecule has 4 rings (SSSR count). The summed E-state index contributed by atoms with van der Waals surface area (Å²) in [6.45, 7) is 1.94. The number of aromatic nitrogens is 4. The number of hydrogen-bond acceptors (Lipinski definition) is 5. The smallest absolute Gasteiger partial charge is 0.246 e. The van der Waals surface area contributed by atoms with Crippen molar-refractivity contribution in [2.75, 3.05) is 23.3 Å². The second-order valence-electron chi connectivity index (χ2n) is 6.34. The van der Waals surface area contributed by atoms with Crippen molar-refractivity contribution in [2.45, 2.75) is 25.8 Å². The molecule has 0 radical (unpaired) electrons. The van der Waals surface area contributed by atoms with Crippen LogP contribution in [0.2, 0.25) is 0 Å². The molecule has 0 saturated carbocycles. The van der Waals surface area contributed by atoms with Gasteiger partial charge in [0.05, 0.1) is 11.6 Å². The van der Waals surface area contributed by atoms with Crippen LogP contribution in [-0.2, 0) is 11.3 Å². The first-order valence-electron chi connectivity index (χ1n) is 8.67. The van der Waals surface area contributed by atoms with Crippen LogP contribution in [0.4, 0.5) is 15.9 Å². The molecule has 1 aromatic carbocycles. The lowest BCUT2D eigenvalue weighted by atomic mass is 10.1. The zero-order chi connectivity index (χ0) is 17.9. The number of hydrogen-bond donors (Lipinski definition) is 1. The Hall–Kier alpha value is -3.03. The third-order valence-corrected chi connectivity index (χ3v) is 4.47. The van der Waals surface area contributed by atoms with Crippen LogP contribution in [0, 0.1) is 5.82 Å². The highest BCUT2D eigenvalue weighted by atomic mass is 19.1. The third kappa shape index (κ3) is 3.35. The van der Waals surface area contributed by atoms with E-state index in [4.69, 9.17) is 0 Å². The van der Waals surface area contributed by atoms with Crippen LogP contribution >= 0.6 is 0 Å². The normalized spacial score (nSPS) is 14.6. The molecule has 26 heavy (non-hydrogen) atoms. The van der Waals surface area contributed by atoms with Crippen LogP contribution in [0.25, 0.3) is 11.0 Å². The molecule has 0 aliphatic carbocycles. The van der Waals surface area contributed by atoms with Crippen molar-refractivity contribution in [3.8, 4) is 0 Å². The van der Waals surface area contributed by atoms with Crippen molar-refractivity contribution >= 4 is 28.4 Å². The summed E-state index contributed by atoms with van der Waals surface area (Å²) < 4.78 is 14.8. The highest BCUT2D eigenvalue weighted by Crippen LogP contribution is 2.25. The van der Waals surface area contributed by atoms with Crippen LogP contribution in [0.5, 0.6) is 0 Å². The predicted octanol–water partition coefficient (Wildman–Crippen LogP) is 2.59. The Morgan fingerprint density at radius 1 is 1.19 bits per heavy atom. The molecule has 1 N–H and O–H groups in total. The van der Waals surface area contributed by atoms with Crippen molar-refractivity contribution in [2.24, 2.45) is 0 Å². The van der Waals surface area contributed by atoms with Gasteiger partial charge in [0.2, 0.25) is 5.91 Å². The van der Waals surface area contributed by atoms with Crippen molar-refractivity contribution in [1.29, 1.82) is 0 Å². The van der Waals surface area contributed by atoms with Gasteiger partial charge in [0, 0.05) is 18.8 Å². The highest BCUT2D eigenvalue weighted by Gasteiger charge is 2.18. The number of halogens is 1. The number of piperidine rings is 1. The zero-order valence-corrected chi connectivity index (χ0v) is 14.2. The minimum absolute atomic E-state index is 0.00351. The van der Waals surface area contributed by atoms with E-state index in [1.165, 1.54) is 24.9 Å². The maximum atomic E-state index is 13.2. The summed E-state index contributed by atoms with van der Waals surface area (Å²) in [6.07, 6.45) is 6.75. The van der Waals surface area contributed by atoms with E-state index in [9.17, 15) is 9.18 Å². The van der Waals surface area contributed by atoms with Gasteiger partial charge in [-0.2, -0.15) is 5.10 Å². The standard InChI is InChI=1S/C18H19FN6O/c19-13-5-4-6-14(9-13)23-16(26)11-25-18-15(10-22-25)17(20-12-21-18)24-7-2-1-3-8-24/h4-6,9-10,12H,1-3,7-8,11H2,(H,23,26). The molecule has 0 unspecified atom stereocenters. The number of rotatable bonds is 4. The van der Waals surface area contributed by atoms with E-state index in [1.54, 1.807) is 23.0 Å². The van der Waals surface area contributed by atoms with Gasteiger partial charge in [0.15, 0.2) is 5.65 Å².